The van der Waals surface area contributed by atoms with Gasteiger partial charge in [-0.05, 0) is 49.1 Å². The van der Waals surface area contributed by atoms with Crippen molar-refractivity contribution in [2.45, 2.75) is 46.0 Å². The molecule has 190 valence electrons. The Kier molecular flexibility index (Phi) is 9.54. The molecule has 4 unspecified atom stereocenters. The van der Waals surface area contributed by atoms with Gasteiger partial charge in [0.05, 0.1) is 0 Å². The number of carbonyl (C=O) groups excluding carboxylic acids is 1. The monoisotopic (exact) mass is 483 g/mol. The molecule has 0 saturated carbocycles. The SMILES string of the molecule is CC(CCC(C)C(=O)NCCc1ccccc1)CN1CC2C=CN=CC2C=C1CCc1ccccc1. The average Bonchev–Trinajstić information content (AvgIpc) is 2.91. The van der Waals surface area contributed by atoms with Gasteiger partial charge in [-0.25, -0.2) is 0 Å². The van der Waals surface area contributed by atoms with Gasteiger partial charge in [-0.1, -0.05) is 86.7 Å². The summed E-state index contributed by atoms with van der Waals surface area (Å²) in [6.45, 7) is 7.18. The second-order valence-electron chi connectivity index (χ2n) is 10.5. The lowest BCUT2D eigenvalue weighted by molar-refractivity contribution is -0.124. The fraction of sp³-hybridized carbons (Fsp3) is 0.438. The Morgan fingerprint density at radius 3 is 2.39 bits per heavy atom. The number of allylic oxidation sites excluding steroid dienone is 2. The summed E-state index contributed by atoms with van der Waals surface area (Å²) in [5.74, 6) is 1.66. The molecule has 2 aromatic carbocycles. The maximum Gasteiger partial charge on any atom is 0.222 e. The van der Waals surface area contributed by atoms with E-state index in [0.717, 1.165) is 45.2 Å². The maximum atomic E-state index is 12.6. The first kappa shape index (κ1) is 25.9. The van der Waals surface area contributed by atoms with E-state index >= 15 is 0 Å². The molecule has 0 spiro atoms. The molecule has 2 aliphatic rings. The summed E-state index contributed by atoms with van der Waals surface area (Å²) in [5, 5.41) is 3.13. The van der Waals surface area contributed by atoms with E-state index in [1.165, 1.54) is 16.8 Å². The molecule has 0 fully saturated rings. The number of aliphatic imine (C=N–C) groups is 1. The van der Waals surface area contributed by atoms with Crippen molar-refractivity contribution in [3.8, 4) is 0 Å². The standard InChI is InChI=1S/C32H41N3O/c1-25(13-14-26(2)32(36)34-20-17-28-11-7-4-8-12-28)23-35-24-29-18-19-33-22-30(29)21-31(35)16-15-27-9-5-3-6-10-27/h3-12,18-19,21-22,25-26,29-30H,13-17,20,23-24H2,1-2H3,(H,34,36). The third-order valence-electron chi connectivity index (χ3n) is 7.53. The lowest BCUT2D eigenvalue weighted by Gasteiger charge is -2.39. The summed E-state index contributed by atoms with van der Waals surface area (Å²) >= 11 is 0. The highest BCUT2D eigenvalue weighted by molar-refractivity contribution is 5.78. The van der Waals surface area contributed by atoms with E-state index in [4.69, 9.17) is 0 Å². The van der Waals surface area contributed by atoms with Crippen molar-refractivity contribution in [3.05, 3.63) is 95.8 Å². The van der Waals surface area contributed by atoms with Crippen molar-refractivity contribution in [1.82, 2.24) is 10.2 Å². The first-order chi connectivity index (χ1) is 17.6. The van der Waals surface area contributed by atoms with Crippen LogP contribution in [0.15, 0.2) is 89.7 Å². The molecule has 36 heavy (non-hydrogen) atoms. The molecule has 2 heterocycles. The Bertz CT molecular complexity index is 1040. The number of nitrogens with zero attached hydrogens (tertiary/aromatic N) is 2. The van der Waals surface area contributed by atoms with E-state index in [-0.39, 0.29) is 11.8 Å². The second-order valence-corrected chi connectivity index (χ2v) is 10.5. The minimum atomic E-state index is 0.0412. The van der Waals surface area contributed by atoms with Gasteiger partial charge in [0, 0.05) is 55.5 Å². The summed E-state index contributed by atoms with van der Waals surface area (Å²) in [6.07, 6.45) is 13.7. The van der Waals surface area contributed by atoms with Crippen LogP contribution < -0.4 is 5.32 Å². The molecule has 1 N–H and O–H groups in total. The predicted molar refractivity (Wildman–Crippen MR) is 150 cm³/mol. The molecule has 0 bridgehead atoms. The van der Waals surface area contributed by atoms with Crippen LogP contribution in [0.5, 0.6) is 0 Å². The Labute approximate surface area is 217 Å². The van der Waals surface area contributed by atoms with E-state index < -0.39 is 0 Å². The van der Waals surface area contributed by atoms with Crippen molar-refractivity contribution in [2.75, 3.05) is 19.6 Å². The van der Waals surface area contributed by atoms with Gasteiger partial charge < -0.3 is 10.2 Å². The van der Waals surface area contributed by atoms with Crippen LogP contribution in [0.3, 0.4) is 0 Å². The van der Waals surface area contributed by atoms with Crippen molar-refractivity contribution >= 4 is 12.1 Å². The minimum absolute atomic E-state index is 0.0412. The summed E-state index contributed by atoms with van der Waals surface area (Å²) in [6, 6.07) is 21.1. The first-order valence-electron chi connectivity index (χ1n) is 13.6. The van der Waals surface area contributed by atoms with E-state index in [2.05, 4.69) is 89.9 Å². The van der Waals surface area contributed by atoms with Crippen LogP contribution >= 0.6 is 0 Å². The number of nitrogens with one attached hydrogen (secondary N) is 1. The van der Waals surface area contributed by atoms with Crippen LogP contribution in [-0.4, -0.2) is 36.7 Å². The highest BCUT2D eigenvalue weighted by atomic mass is 16.1. The van der Waals surface area contributed by atoms with Gasteiger partial charge in [-0.2, -0.15) is 0 Å². The average molecular weight is 484 g/mol. The molecule has 4 atom stereocenters. The summed E-state index contributed by atoms with van der Waals surface area (Å²) in [4.78, 5) is 19.6. The highest BCUT2D eigenvalue weighted by Crippen LogP contribution is 2.31. The fourth-order valence-electron chi connectivity index (χ4n) is 5.23. The Morgan fingerprint density at radius 2 is 1.67 bits per heavy atom. The van der Waals surface area contributed by atoms with E-state index in [9.17, 15) is 4.79 Å². The van der Waals surface area contributed by atoms with Gasteiger partial charge in [0.25, 0.3) is 0 Å². The predicted octanol–water partition coefficient (Wildman–Crippen LogP) is 6.06. The number of benzene rings is 2. The number of carbonyl (C=O) groups is 1. The van der Waals surface area contributed by atoms with E-state index in [1.54, 1.807) is 0 Å². The van der Waals surface area contributed by atoms with Crippen LogP contribution in [0.1, 0.15) is 44.2 Å². The molecule has 1 amide bonds. The molecule has 0 radical (unpaired) electrons. The van der Waals surface area contributed by atoms with Crippen molar-refractivity contribution in [2.24, 2.45) is 28.7 Å². The number of aryl methyl sites for hydroxylation is 1. The highest BCUT2D eigenvalue weighted by Gasteiger charge is 2.28. The molecule has 4 rings (SSSR count). The smallest absolute Gasteiger partial charge is 0.222 e. The van der Waals surface area contributed by atoms with Crippen LogP contribution in [0.25, 0.3) is 0 Å². The molecule has 2 aliphatic heterocycles. The third-order valence-corrected chi connectivity index (χ3v) is 7.53. The normalized spacial score (nSPS) is 20.4. The molecule has 0 saturated heterocycles. The van der Waals surface area contributed by atoms with Gasteiger partial charge in [-0.3, -0.25) is 9.79 Å². The van der Waals surface area contributed by atoms with E-state index in [0.29, 0.717) is 24.3 Å². The topological polar surface area (TPSA) is 44.7 Å². The zero-order chi connectivity index (χ0) is 25.2. The second kappa shape index (κ2) is 13.2. The molecule has 0 aromatic heterocycles. The fourth-order valence-corrected chi connectivity index (χ4v) is 5.23. The van der Waals surface area contributed by atoms with Gasteiger partial charge in [-0.15, -0.1) is 0 Å². The summed E-state index contributed by atoms with van der Waals surface area (Å²) in [7, 11) is 0. The zero-order valence-electron chi connectivity index (χ0n) is 21.9. The first-order valence-corrected chi connectivity index (χ1v) is 13.6. The quantitative estimate of drug-likeness (QED) is 0.399. The van der Waals surface area contributed by atoms with Crippen LogP contribution in [0, 0.1) is 23.7 Å². The summed E-state index contributed by atoms with van der Waals surface area (Å²) < 4.78 is 0. The van der Waals surface area contributed by atoms with Crippen LogP contribution in [0.2, 0.25) is 0 Å². The number of rotatable bonds is 12. The Hall–Kier alpha value is -3.14. The lowest BCUT2D eigenvalue weighted by atomic mass is 9.85. The van der Waals surface area contributed by atoms with Crippen molar-refractivity contribution in [3.63, 3.8) is 0 Å². The minimum Gasteiger partial charge on any atom is -0.374 e. The van der Waals surface area contributed by atoms with Gasteiger partial charge in [0.2, 0.25) is 5.91 Å². The molecule has 4 nitrogen and oxygen atoms in total. The number of hydrogen-bond donors (Lipinski definition) is 1. The molecular weight excluding hydrogens is 442 g/mol. The zero-order valence-corrected chi connectivity index (χ0v) is 21.9. The third kappa shape index (κ3) is 7.68. The van der Waals surface area contributed by atoms with E-state index in [1.807, 2.05) is 24.4 Å². The Morgan fingerprint density at radius 1 is 0.972 bits per heavy atom. The number of fused-ring (bicyclic) bond motifs is 1. The van der Waals surface area contributed by atoms with Crippen LogP contribution in [-0.2, 0) is 17.6 Å². The molecular formula is C32H41N3O. The van der Waals surface area contributed by atoms with Gasteiger partial charge in [0.1, 0.15) is 0 Å². The van der Waals surface area contributed by atoms with Gasteiger partial charge in [0.15, 0.2) is 0 Å². The van der Waals surface area contributed by atoms with Crippen LogP contribution in [0.4, 0.5) is 0 Å². The molecule has 4 heteroatoms. The lowest BCUT2D eigenvalue weighted by Crippen LogP contribution is -2.39. The number of amides is 1. The Balaban J connectivity index is 1.26. The largest absolute Gasteiger partial charge is 0.374 e. The summed E-state index contributed by atoms with van der Waals surface area (Å²) in [5.41, 5.74) is 4.09. The molecule has 2 aromatic rings. The van der Waals surface area contributed by atoms with Gasteiger partial charge >= 0.3 is 0 Å². The van der Waals surface area contributed by atoms with Crippen molar-refractivity contribution < 1.29 is 4.79 Å². The van der Waals surface area contributed by atoms with Crippen molar-refractivity contribution in [1.29, 1.82) is 0 Å². The maximum absolute atomic E-state index is 12.6. The number of hydrogen-bond acceptors (Lipinski definition) is 3. The molecule has 0 aliphatic carbocycles.